The van der Waals surface area contributed by atoms with Crippen molar-refractivity contribution in [3.8, 4) is 0 Å². The quantitative estimate of drug-likeness (QED) is 0.623. The molecule has 0 N–H and O–H groups in total. The zero-order chi connectivity index (χ0) is 8.97. The van der Waals surface area contributed by atoms with Gasteiger partial charge in [-0.25, -0.2) is 0 Å². The first-order chi connectivity index (χ1) is 5.79. The zero-order valence-corrected chi connectivity index (χ0v) is 9.22. The molecule has 0 aliphatic carbocycles. The Morgan fingerprint density at radius 2 is 1.67 bits per heavy atom. The van der Waals surface area contributed by atoms with Gasteiger partial charge in [-0.05, 0) is 6.92 Å². The van der Waals surface area contributed by atoms with Gasteiger partial charge in [-0.1, -0.05) is 61.0 Å². The van der Waals surface area contributed by atoms with Crippen LogP contribution in [0.25, 0.3) is 0 Å². The molecule has 1 radical (unpaired) electrons. The van der Waals surface area contributed by atoms with Crippen LogP contribution in [0.15, 0.2) is 24.3 Å². The van der Waals surface area contributed by atoms with Crippen LogP contribution in [-0.2, 0) is 0 Å². The molecule has 0 saturated heterocycles. The maximum atomic E-state index is 2.31. The molecule has 0 fully saturated rings. The molecule has 0 nitrogen and oxygen atoms in total. The van der Waals surface area contributed by atoms with Gasteiger partial charge in [0.05, 0.1) is 8.80 Å². The molecule has 1 aromatic carbocycles. The van der Waals surface area contributed by atoms with E-state index in [0.717, 1.165) is 0 Å². The van der Waals surface area contributed by atoms with Gasteiger partial charge in [0, 0.05) is 0 Å². The fourth-order valence-electron chi connectivity index (χ4n) is 1.60. The Kier molecular flexibility index (Phi) is 3.54. The lowest BCUT2D eigenvalue weighted by atomic mass is 10.2. The standard InChI is InChI=1S/C11H17Si/c1-4-12(5-2)11-9-7-6-8-10(11)3/h6-9H,4-5H2,1-3H3. The van der Waals surface area contributed by atoms with Gasteiger partial charge >= 0.3 is 0 Å². The fraction of sp³-hybridized carbons (Fsp3) is 0.455. The highest BCUT2D eigenvalue weighted by molar-refractivity contribution is 6.73. The Morgan fingerprint density at radius 3 is 2.17 bits per heavy atom. The van der Waals surface area contributed by atoms with Crippen LogP contribution >= 0.6 is 0 Å². The summed E-state index contributed by atoms with van der Waals surface area (Å²) in [7, 11) is -0.231. The first kappa shape index (κ1) is 9.52. The third kappa shape index (κ3) is 1.98. The molecule has 0 unspecified atom stereocenters. The summed E-state index contributed by atoms with van der Waals surface area (Å²) in [6, 6.07) is 11.5. The van der Waals surface area contributed by atoms with Crippen LogP contribution in [-0.4, -0.2) is 8.80 Å². The molecule has 0 aliphatic rings. The SMILES string of the molecule is CC[Si](CC)c1ccccc1C. The molecular weight excluding hydrogens is 160 g/mol. The Labute approximate surface area is 77.2 Å². The van der Waals surface area contributed by atoms with Gasteiger partial charge in [0.1, 0.15) is 0 Å². The van der Waals surface area contributed by atoms with Crippen LogP contribution in [0, 0.1) is 6.92 Å². The van der Waals surface area contributed by atoms with Crippen molar-refractivity contribution in [1.82, 2.24) is 0 Å². The van der Waals surface area contributed by atoms with Crippen LogP contribution in [0.3, 0.4) is 0 Å². The minimum atomic E-state index is -0.231. The Bertz CT molecular complexity index is 239. The van der Waals surface area contributed by atoms with Gasteiger partial charge in [-0.15, -0.1) is 0 Å². The average Bonchev–Trinajstić information content (AvgIpc) is 2.10. The second-order valence-electron chi connectivity index (χ2n) is 3.13. The lowest BCUT2D eigenvalue weighted by Crippen LogP contribution is -2.30. The van der Waals surface area contributed by atoms with E-state index in [-0.39, 0.29) is 8.80 Å². The van der Waals surface area contributed by atoms with Crippen LogP contribution < -0.4 is 5.19 Å². The van der Waals surface area contributed by atoms with E-state index in [1.54, 1.807) is 5.19 Å². The van der Waals surface area contributed by atoms with Crippen molar-refractivity contribution in [3.63, 3.8) is 0 Å². The lowest BCUT2D eigenvalue weighted by Gasteiger charge is -2.12. The average molecular weight is 177 g/mol. The predicted octanol–water partition coefficient (Wildman–Crippen LogP) is 2.74. The maximum Gasteiger partial charge on any atom is 0.0854 e. The minimum absolute atomic E-state index is 0.231. The molecule has 0 aliphatic heterocycles. The van der Waals surface area contributed by atoms with Gasteiger partial charge in [0.25, 0.3) is 0 Å². The number of aryl methyl sites for hydroxylation is 1. The normalized spacial score (nSPS) is 10.7. The van der Waals surface area contributed by atoms with Crippen molar-refractivity contribution in [1.29, 1.82) is 0 Å². The van der Waals surface area contributed by atoms with E-state index in [4.69, 9.17) is 0 Å². The smallest absolute Gasteiger partial charge is 0.0677 e. The summed E-state index contributed by atoms with van der Waals surface area (Å²) >= 11 is 0. The van der Waals surface area contributed by atoms with Crippen LogP contribution in [0.5, 0.6) is 0 Å². The second-order valence-corrected chi connectivity index (χ2v) is 6.29. The maximum absolute atomic E-state index is 2.31. The monoisotopic (exact) mass is 177 g/mol. The summed E-state index contributed by atoms with van der Waals surface area (Å²) in [5.74, 6) is 0. The second kappa shape index (κ2) is 4.46. The van der Waals surface area contributed by atoms with Crippen molar-refractivity contribution in [2.45, 2.75) is 32.9 Å². The zero-order valence-electron chi connectivity index (χ0n) is 8.22. The van der Waals surface area contributed by atoms with Crippen molar-refractivity contribution in [3.05, 3.63) is 29.8 Å². The van der Waals surface area contributed by atoms with Gasteiger partial charge in [-0.3, -0.25) is 0 Å². The topological polar surface area (TPSA) is 0 Å². The fourth-order valence-corrected chi connectivity index (χ4v) is 3.84. The van der Waals surface area contributed by atoms with Crippen LogP contribution in [0.4, 0.5) is 0 Å². The summed E-state index contributed by atoms with van der Waals surface area (Å²) in [6.07, 6.45) is 0. The highest BCUT2D eigenvalue weighted by Gasteiger charge is 2.10. The molecule has 65 valence electrons. The van der Waals surface area contributed by atoms with Crippen molar-refractivity contribution < 1.29 is 0 Å². The van der Waals surface area contributed by atoms with E-state index in [1.807, 2.05) is 0 Å². The van der Waals surface area contributed by atoms with E-state index >= 15 is 0 Å². The molecule has 0 heterocycles. The largest absolute Gasteiger partial charge is 0.0854 e. The third-order valence-electron chi connectivity index (χ3n) is 2.38. The summed E-state index contributed by atoms with van der Waals surface area (Å²) in [5.41, 5.74) is 1.48. The van der Waals surface area contributed by atoms with E-state index < -0.39 is 0 Å². The molecule has 0 aromatic heterocycles. The first-order valence-corrected chi connectivity index (χ1v) is 6.61. The number of rotatable bonds is 3. The third-order valence-corrected chi connectivity index (χ3v) is 5.41. The van der Waals surface area contributed by atoms with E-state index in [2.05, 4.69) is 45.0 Å². The van der Waals surface area contributed by atoms with E-state index in [1.165, 1.54) is 17.7 Å². The molecule has 12 heavy (non-hydrogen) atoms. The molecule has 1 rings (SSSR count). The molecule has 0 amide bonds. The van der Waals surface area contributed by atoms with Crippen LogP contribution in [0.2, 0.25) is 12.1 Å². The molecule has 0 atom stereocenters. The lowest BCUT2D eigenvalue weighted by molar-refractivity contribution is 1.32. The molecule has 0 bridgehead atoms. The Balaban J connectivity index is 2.92. The molecule has 0 spiro atoms. The predicted molar refractivity (Wildman–Crippen MR) is 57.5 cm³/mol. The van der Waals surface area contributed by atoms with Crippen molar-refractivity contribution in [2.75, 3.05) is 0 Å². The number of hydrogen-bond acceptors (Lipinski definition) is 0. The van der Waals surface area contributed by atoms with Crippen LogP contribution in [0.1, 0.15) is 19.4 Å². The van der Waals surface area contributed by atoms with Crippen molar-refractivity contribution in [2.24, 2.45) is 0 Å². The highest BCUT2D eigenvalue weighted by Crippen LogP contribution is 2.03. The molecule has 1 heteroatoms. The summed E-state index contributed by atoms with van der Waals surface area (Å²) < 4.78 is 0. The Hall–Kier alpha value is -0.563. The number of benzene rings is 1. The molecule has 1 aromatic rings. The first-order valence-electron chi connectivity index (χ1n) is 4.70. The molecular formula is C11H17Si. The summed E-state index contributed by atoms with van der Waals surface area (Å²) in [5, 5.41) is 1.63. The van der Waals surface area contributed by atoms with E-state index in [0.29, 0.717) is 0 Å². The Morgan fingerprint density at radius 1 is 1.08 bits per heavy atom. The summed E-state index contributed by atoms with van der Waals surface area (Å²) in [6.45, 7) is 6.85. The van der Waals surface area contributed by atoms with Gasteiger partial charge in [0.2, 0.25) is 0 Å². The highest BCUT2D eigenvalue weighted by atomic mass is 28.3. The van der Waals surface area contributed by atoms with Gasteiger partial charge in [-0.2, -0.15) is 0 Å². The minimum Gasteiger partial charge on any atom is -0.0677 e. The van der Waals surface area contributed by atoms with E-state index in [9.17, 15) is 0 Å². The van der Waals surface area contributed by atoms with Crippen molar-refractivity contribution >= 4 is 14.0 Å². The number of hydrogen-bond donors (Lipinski definition) is 0. The molecule has 0 saturated carbocycles. The van der Waals surface area contributed by atoms with Gasteiger partial charge in [0.15, 0.2) is 0 Å². The summed E-state index contributed by atoms with van der Waals surface area (Å²) in [4.78, 5) is 0. The van der Waals surface area contributed by atoms with Gasteiger partial charge < -0.3 is 0 Å².